The van der Waals surface area contributed by atoms with Crippen LogP contribution in [0.4, 0.5) is 0 Å². The molecular formula is C23H23N5O2. The fourth-order valence-electron chi connectivity index (χ4n) is 4.88. The lowest BCUT2D eigenvalue weighted by molar-refractivity contribution is 0.186. The third-order valence-corrected chi connectivity index (χ3v) is 6.40. The number of nitrogens with zero attached hydrogens (tertiary/aromatic N) is 3. The van der Waals surface area contributed by atoms with Gasteiger partial charge >= 0.3 is 5.69 Å². The molecule has 2 aliphatic heterocycles. The van der Waals surface area contributed by atoms with Gasteiger partial charge in [-0.1, -0.05) is 0 Å². The Kier molecular flexibility index (Phi) is 4.17. The summed E-state index contributed by atoms with van der Waals surface area (Å²) < 4.78 is 7.32. The van der Waals surface area contributed by atoms with E-state index in [0.29, 0.717) is 24.9 Å². The lowest BCUT2D eigenvalue weighted by atomic mass is 9.94. The number of aromatic amines is 1. The number of hydrogen-bond acceptors (Lipinski definition) is 5. The molecule has 2 N–H and O–H groups in total. The smallest absolute Gasteiger partial charge is 0.328 e. The van der Waals surface area contributed by atoms with E-state index in [2.05, 4.69) is 44.5 Å². The molecular weight excluding hydrogens is 378 g/mol. The van der Waals surface area contributed by atoms with Crippen LogP contribution < -0.4 is 11.0 Å². The first-order valence-corrected chi connectivity index (χ1v) is 10.6. The zero-order chi connectivity index (χ0) is 20.1. The van der Waals surface area contributed by atoms with Gasteiger partial charge in [-0.2, -0.15) is 0 Å². The molecule has 6 rings (SSSR count). The minimum absolute atomic E-state index is 0.0595. The third-order valence-electron chi connectivity index (χ3n) is 6.40. The number of pyridine rings is 2. The molecule has 2 fully saturated rings. The predicted molar refractivity (Wildman–Crippen MR) is 116 cm³/mol. The van der Waals surface area contributed by atoms with Gasteiger partial charge in [-0.15, -0.1) is 0 Å². The van der Waals surface area contributed by atoms with Crippen LogP contribution in [0.25, 0.3) is 33.1 Å². The van der Waals surface area contributed by atoms with Crippen LogP contribution in [0.15, 0.2) is 47.7 Å². The highest BCUT2D eigenvalue weighted by Gasteiger charge is 2.23. The summed E-state index contributed by atoms with van der Waals surface area (Å²) in [6.45, 7) is 2.30. The highest BCUT2D eigenvalue weighted by Crippen LogP contribution is 2.34. The number of imidazole rings is 1. The van der Waals surface area contributed by atoms with Gasteiger partial charge in [0.1, 0.15) is 0 Å². The fraction of sp³-hybridized carbons (Fsp3) is 0.348. The summed E-state index contributed by atoms with van der Waals surface area (Å²) in [6, 6.07) is 8.98. The van der Waals surface area contributed by atoms with E-state index >= 15 is 0 Å². The second kappa shape index (κ2) is 7.04. The Balaban J connectivity index is 1.53. The van der Waals surface area contributed by atoms with Crippen LogP contribution in [0.2, 0.25) is 0 Å². The normalized spacial score (nSPS) is 21.7. The van der Waals surface area contributed by atoms with E-state index in [1.807, 2.05) is 23.2 Å². The first-order valence-electron chi connectivity index (χ1n) is 10.6. The van der Waals surface area contributed by atoms with Gasteiger partial charge in [-0.3, -0.25) is 14.5 Å². The van der Waals surface area contributed by atoms with Gasteiger partial charge in [-0.05, 0) is 66.6 Å². The number of hydrogen-bond donors (Lipinski definition) is 2. The number of aromatic nitrogens is 4. The molecule has 7 heteroatoms. The van der Waals surface area contributed by atoms with E-state index in [0.717, 1.165) is 36.0 Å². The van der Waals surface area contributed by atoms with Crippen LogP contribution in [0, 0.1) is 0 Å². The number of H-pyrrole nitrogens is 1. The minimum Gasteiger partial charge on any atom is -0.379 e. The molecule has 0 radical (unpaired) electrons. The predicted octanol–water partition coefficient (Wildman–Crippen LogP) is 3.33. The van der Waals surface area contributed by atoms with Gasteiger partial charge in [-0.25, -0.2) is 9.78 Å². The van der Waals surface area contributed by atoms with Crippen molar-refractivity contribution in [1.29, 1.82) is 0 Å². The van der Waals surface area contributed by atoms with Crippen molar-refractivity contribution in [2.45, 2.75) is 31.3 Å². The maximum atomic E-state index is 12.6. The number of rotatable bonds is 3. The van der Waals surface area contributed by atoms with Gasteiger partial charge in [0.25, 0.3) is 0 Å². The van der Waals surface area contributed by atoms with E-state index in [1.165, 1.54) is 22.8 Å². The second-order valence-corrected chi connectivity index (χ2v) is 8.22. The first-order chi connectivity index (χ1) is 14.8. The van der Waals surface area contributed by atoms with Crippen LogP contribution in [0.3, 0.4) is 0 Å². The van der Waals surface area contributed by atoms with Gasteiger partial charge in [0, 0.05) is 42.2 Å². The van der Waals surface area contributed by atoms with Gasteiger partial charge in [0.05, 0.1) is 18.2 Å². The second-order valence-electron chi connectivity index (χ2n) is 8.22. The van der Waals surface area contributed by atoms with Crippen molar-refractivity contribution in [3.63, 3.8) is 0 Å². The SMILES string of the molecule is O=c1[nH]c2ncc(-c3cc(C4CCCN4)c4cnccc4c3)cc2n1C1CCOC1. The molecule has 2 aliphatic rings. The minimum atomic E-state index is -0.120. The molecule has 2 saturated heterocycles. The van der Waals surface area contributed by atoms with E-state index in [1.54, 1.807) is 0 Å². The quantitative estimate of drug-likeness (QED) is 0.550. The molecule has 0 aliphatic carbocycles. The molecule has 152 valence electrons. The number of benzene rings is 1. The molecule has 0 amide bonds. The summed E-state index contributed by atoms with van der Waals surface area (Å²) in [5.41, 5.74) is 4.73. The van der Waals surface area contributed by atoms with Crippen molar-refractivity contribution in [2.24, 2.45) is 0 Å². The molecule has 1 aromatic carbocycles. The van der Waals surface area contributed by atoms with Gasteiger partial charge < -0.3 is 10.1 Å². The summed E-state index contributed by atoms with van der Waals surface area (Å²) in [7, 11) is 0. The molecule has 30 heavy (non-hydrogen) atoms. The summed E-state index contributed by atoms with van der Waals surface area (Å²) in [5.74, 6) is 0. The zero-order valence-electron chi connectivity index (χ0n) is 16.6. The summed E-state index contributed by atoms with van der Waals surface area (Å²) in [6.07, 6.45) is 8.80. The average Bonchev–Trinajstić information content (AvgIpc) is 3.53. The molecule has 0 spiro atoms. The molecule has 4 aromatic rings. The standard InChI is InChI=1S/C23H23N5O2/c29-23-27-22-21(28(23)17-4-7-30-13-17)10-16(11-26-22)15-8-14-3-6-24-12-19(14)18(9-15)20-2-1-5-25-20/h3,6,8-12,17,20,25H,1-2,4-5,7,13H2,(H,26,27,29). The average molecular weight is 401 g/mol. The number of nitrogens with one attached hydrogen (secondary N) is 2. The van der Waals surface area contributed by atoms with Crippen LogP contribution in [-0.4, -0.2) is 39.3 Å². The molecule has 2 atom stereocenters. The lowest BCUT2D eigenvalue weighted by Gasteiger charge is -2.16. The molecule has 0 bridgehead atoms. The Morgan fingerprint density at radius 1 is 1.13 bits per heavy atom. The Bertz CT molecular complexity index is 1300. The number of fused-ring (bicyclic) bond motifs is 2. The highest BCUT2D eigenvalue weighted by atomic mass is 16.5. The van der Waals surface area contributed by atoms with Crippen molar-refractivity contribution < 1.29 is 4.74 Å². The summed E-state index contributed by atoms with van der Waals surface area (Å²) in [5, 5.41) is 5.97. The van der Waals surface area contributed by atoms with Crippen molar-refractivity contribution >= 4 is 21.9 Å². The van der Waals surface area contributed by atoms with E-state index in [9.17, 15) is 4.79 Å². The van der Waals surface area contributed by atoms with Crippen LogP contribution in [0.5, 0.6) is 0 Å². The maximum absolute atomic E-state index is 12.6. The van der Waals surface area contributed by atoms with Crippen LogP contribution in [-0.2, 0) is 4.74 Å². The Labute approximate surface area is 173 Å². The van der Waals surface area contributed by atoms with Crippen LogP contribution in [0.1, 0.15) is 36.9 Å². The van der Waals surface area contributed by atoms with E-state index < -0.39 is 0 Å². The van der Waals surface area contributed by atoms with Crippen molar-refractivity contribution in [2.75, 3.05) is 19.8 Å². The topological polar surface area (TPSA) is 84.8 Å². The van der Waals surface area contributed by atoms with Gasteiger partial charge in [0.15, 0.2) is 5.65 Å². The summed E-state index contributed by atoms with van der Waals surface area (Å²) in [4.78, 5) is 24.4. The van der Waals surface area contributed by atoms with Crippen LogP contribution >= 0.6 is 0 Å². The van der Waals surface area contributed by atoms with E-state index in [-0.39, 0.29) is 11.7 Å². The monoisotopic (exact) mass is 401 g/mol. The van der Waals surface area contributed by atoms with Crippen molar-refractivity contribution in [1.82, 2.24) is 24.8 Å². The fourth-order valence-corrected chi connectivity index (χ4v) is 4.88. The molecule has 7 nitrogen and oxygen atoms in total. The third kappa shape index (κ3) is 2.85. The Morgan fingerprint density at radius 2 is 2.10 bits per heavy atom. The lowest BCUT2D eigenvalue weighted by Crippen LogP contribution is -2.22. The largest absolute Gasteiger partial charge is 0.379 e. The molecule has 5 heterocycles. The highest BCUT2D eigenvalue weighted by molar-refractivity contribution is 5.91. The summed E-state index contributed by atoms with van der Waals surface area (Å²) >= 11 is 0. The molecule has 2 unspecified atom stereocenters. The molecule has 3 aromatic heterocycles. The Hall–Kier alpha value is -3.03. The van der Waals surface area contributed by atoms with Crippen molar-refractivity contribution in [3.05, 3.63) is 58.9 Å². The Morgan fingerprint density at radius 3 is 2.93 bits per heavy atom. The van der Waals surface area contributed by atoms with E-state index in [4.69, 9.17) is 4.74 Å². The van der Waals surface area contributed by atoms with Gasteiger partial charge in [0.2, 0.25) is 0 Å². The van der Waals surface area contributed by atoms with Crippen molar-refractivity contribution in [3.8, 4) is 11.1 Å². The maximum Gasteiger partial charge on any atom is 0.328 e. The number of ether oxygens (including phenoxy) is 1. The molecule has 0 saturated carbocycles. The first kappa shape index (κ1) is 17.8. The zero-order valence-corrected chi connectivity index (χ0v) is 16.6.